The van der Waals surface area contributed by atoms with Gasteiger partial charge in [-0.1, -0.05) is 13.8 Å². The minimum Gasteiger partial charge on any atom is -0.338 e. The van der Waals surface area contributed by atoms with Crippen LogP contribution < -0.4 is 5.32 Å². The van der Waals surface area contributed by atoms with Crippen LogP contribution in [-0.2, 0) is 4.79 Å². The number of nitrogens with one attached hydrogen (secondary N) is 1. The van der Waals surface area contributed by atoms with Crippen LogP contribution in [-0.4, -0.2) is 11.4 Å². The van der Waals surface area contributed by atoms with Crippen molar-refractivity contribution in [3.8, 4) is 6.07 Å². The summed E-state index contributed by atoms with van der Waals surface area (Å²) < 4.78 is 0. The molecule has 1 N–H and O–H groups in total. The van der Waals surface area contributed by atoms with Crippen LogP contribution in [0.25, 0.3) is 0 Å². The van der Waals surface area contributed by atoms with Crippen molar-refractivity contribution in [3.63, 3.8) is 0 Å². The van der Waals surface area contributed by atoms with Crippen molar-refractivity contribution in [2.45, 2.75) is 46.1 Å². The van der Waals surface area contributed by atoms with Crippen LogP contribution in [0.5, 0.6) is 0 Å². The summed E-state index contributed by atoms with van der Waals surface area (Å²) in [7, 11) is 0. The van der Waals surface area contributed by atoms with Crippen molar-refractivity contribution in [2.75, 3.05) is 0 Å². The topological polar surface area (TPSA) is 52.9 Å². The number of rotatable bonds is 4. The molecule has 1 amide bonds. The van der Waals surface area contributed by atoms with Crippen LogP contribution in [0.3, 0.4) is 0 Å². The first-order valence-corrected chi connectivity index (χ1v) is 4.70. The predicted molar refractivity (Wildman–Crippen MR) is 51.9 cm³/mol. The fraction of sp³-hybridized carbons (Fsp3) is 0.800. The Morgan fingerprint density at radius 1 is 1.46 bits per heavy atom. The molecule has 0 aliphatic heterocycles. The van der Waals surface area contributed by atoms with E-state index in [0.29, 0.717) is 0 Å². The summed E-state index contributed by atoms with van der Waals surface area (Å²) in [6.07, 6.45) is 1.65. The highest BCUT2D eigenvalue weighted by molar-refractivity contribution is 5.79. The molecule has 13 heavy (non-hydrogen) atoms. The number of hydrogen-bond donors (Lipinski definition) is 1. The van der Waals surface area contributed by atoms with Gasteiger partial charge in [0.2, 0.25) is 5.91 Å². The SMILES string of the molecule is CCC(CC)C(=O)NC(C)(C)C#N. The Morgan fingerprint density at radius 2 is 1.92 bits per heavy atom. The maximum absolute atomic E-state index is 11.5. The van der Waals surface area contributed by atoms with E-state index in [-0.39, 0.29) is 11.8 Å². The fourth-order valence-electron chi connectivity index (χ4n) is 1.10. The van der Waals surface area contributed by atoms with E-state index in [9.17, 15) is 4.79 Å². The van der Waals surface area contributed by atoms with Gasteiger partial charge in [-0.05, 0) is 26.7 Å². The van der Waals surface area contributed by atoms with E-state index in [0.717, 1.165) is 12.8 Å². The Balaban J connectivity index is 4.23. The second-order valence-corrected chi connectivity index (χ2v) is 3.74. The van der Waals surface area contributed by atoms with Gasteiger partial charge in [0, 0.05) is 5.92 Å². The molecule has 3 heteroatoms. The zero-order chi connectivity index (χ0) is 10.5. The molecule has 0 aliphatic rings. The molecule has 0 atom stereocenters. The van der Waals surface area contributed by atoms with E-state index in [2.05, 4.69) is 5.32 Å². The monoisotopic (exact) mass is 182 g/mol. The highest BCUT2D eigenvalue weighted by atomic mass is 16.2. The molecule has 0 radical (unpaired) electrons. The third-order valence-corrected chi connectivity index (χ3v) is 2.07. The molecular formula is C10H18N2O. The Hall–Kier alpha value is -1.04. The lowest BCUT2D eigenvalue weighted by Gasteiger charge is -2.21. The summed E-state index contributed by atoms with van der Waals surface area (Å²) in [5.41, 5.74) is -0.750. The Morgan fingerprint density at radius 3 is 2.23 bits per heavy atom. The first-order valence-electron chi connectivity index (χ1n) is 4.70. The lowest BCUT2D eigenvalue weighted by atomic mass is 10.00. The maximum Gasteiger partial charge on any atom is 0.224 e. The molecule has 0 aliphatic carbocycles. The van der Waals surface area contributed by atoms with Gasteiger partial charge in [0.25, 0.3) is 0 Å². The van der Waals surface area contributed by atoms with Crippen molar-refractivity contribution in [1.82, 2.24) is 5.32 Å². The van der Waals surface area contributed by atoms with Crippen molar-refractivity contribution >= 4 is 5.91 Å². The summed E-state index contributed by atoms with van der Waals surface area (Å²) in [5, 5.41) is 11.4. The lowest BCUT2D eigenvalue weighted by Crippen LogP contribution is -2.44. The van der Waals surface area contributed by atoms with Gasteiger partial charge in [0.1, 0.15) is 5.54 Å². The van der Waals surface area contributed by atoms with Crippen LogP contribution in [0.1, 0.15) is 40.5 Å². The summed E-state index contributed by atoms with van der Waals surface area (Å²) in [5.74, 6) is 0.0178. The first kappa shape index (κ1) is 12.0. The summed E-state index contributed by atoms with van der Waals surface area (Å²) in [6, 6.07) is 2.04. The third kappa shape index (κ3) is 3.93. The molecule has 0 saturated heterocycles. The van der Waals surface area contributed by atoms with Crippen LogP contribution in [0.2, 0.25) is 0 Å². The molecule has 0 aromatic carbocycles. The first-order chi connectivity index (χ1) is 5.96. The normalized spacial score (nSPS) is 11.1. The fourth-order valence-corrected chi connectivity index (χ4v) is 1.10. The smallest absolute Gasteiger partial charge is 0.224 e. The number of nitriles is 1. The summed E-state index contributed by atoms with van der Waals surface area (Å²) in [4.78, 5) is 11.5. The number of carbonyl (C=O) groups is 1. The quantitative estimate of drug-likeness (QED) is 0.721. The molecular weight excluding hydrogens is 164 g/mol. The van der Waals surface area contributed by atoms with Gasteiger partial charge in [-0.15, -0.1) is 0 Å². The second-order valence-electron chi connectivity index (χ2n) is 3.74. The van der Waals surface area contributed by atoms with Gasteiger partial charge in [-0.3, -0.25) is 4.79 Å². The average Bonchev–Trinajstić information content (AvgIpc) is 2.06. The van der Waals surface area contributed by atoms with Gasteiger partial charge in [-0.25, -0.2) is 0 Å². The highest BCUT2D eigenvalue weighted by Crippen LogP contribution is 2.09. The molecule has 0 bridgehead atoms. The number of carbonyl (C=O) groups excluding carboxylic acids is 1. The van der Waals surface area contributed by atoms with Gasteiger partial charge in [0.15, 0.2) is 0 Å². The van der Waals surface area contributed by atoms with Crippen LogP contribution in [0, 0.1) is 17.2 Å². The molecule has 0 unspecified atom stereocenters. The van der Waals surface area contributed by atoms with E-state index in [1.54, 1.807) is 13.8 Å². The van der Waals surface area contributed by atoms with E-state index >= 15 is 0 Å². The third-order valence-electron chi connectivity index (χ3n) is 2.07. The van der Waals surface area contributed by atoms with Crippen LogP contribution in [0.15, 0.2) is 0 Å². The largest absolute Gasteiger partial charge is 0.338 e. The minimum absolute atomic E-state index is 0.0171. The van der Waals surface area contributed by atoms with Crippen LogP contribution in [0.4, 0.5) is 0 Å². The van der Waals surface area contributed by atoms with Crippen molar-refractivity contribution < 1.29 is 4.79 Å². The molecule has 0 aromatic heterocycles. The van der Waals surface area contributed by atoms with Gasteiger partial charge in [-0.2, -0.15) is 5.26 Å². The van der Waals surface area contributed by atoms with Crippen LogP contribution >= 0.6 is 0 Å². The molecule has 0 rings (SSSR count). The highest BCUT2D eigenvalue weighted by Gasteiger charge is 2.23. The van der Waals surface area contributed by atoms with Crippen molar-refractivity contribution in [2.24, 2.45) is 5.92 Å². The standard InChI is InChI=1S/C10H18N2O/c1-5-8(6-2)9(13)12-10(3,4)7-11/h8H,5-6H2,1-4H3,(H,12,13). The zero-order valence-electron chi connectivity index (χ0n) is 8.85. The summed E-state index contributed by atoms with van der Waals surface area (Å²) >= 11 is 0. The number of hydrogen-bond acceptors (Lipinski definition) is 2. The zero-order valence-corrected chi connectivity index (χ0v) is 8.85. The number of amides is 1. The molecule has 74 valence electrons. The average molecular weight is 182 g/mol. The molecule has 0 fully saturated rings. The van der Waals surface area contributed by atoms with E-state index in [1.807, 2.05) is 19.9 Å². The molecule has 0 aromatic rings. The molecule has 0 heterocycles. The Kier molecular flexibility index (Phi) is 4.47. The van der Waals surface area contributed by atoms with E-state index in [4.69, 9.17) is 5.26 Å². The number of nitrogens with zero attached hydrogens (tertiary/aromatic N) is 1. The van der Waals surface area contributed by atoms with Gasteiger partial charge < -0.3 is 5.32 Å². The Bertz CT molecular complexity index is 211. The molecule has 0 spiro atoms. The van der Waals surface area contributed by atoms with Crippen molar-refractivity contribution in [3.05, 3.63) is 0 Å². The van der Waals surface area contributed by atoms with E-state index < -0.39 is 5.54 Å². The second kappa shape index (κ2) is 4.86. The predicted octanol–water partition coefficient (Wildman–Crippen LogP) is 1.84. The Labute approximate surface area is 80.1 Å². The molecule has 3 nitrogen and oxygen atoms in total. The van der Waals surface area contributed by atoms with Gasteiger partial charge >= 0.3 is 0 Å². The van der Waals surface area contributed by atoms with Crippen molar-refractivity contribution in [1.29, 1.82) is 5.26 Å². The van der Waals surface area contributed by atoms with Gasteiger partial charge in [0.05, 0.1) is 6.07 Å². The maximum atomic E-state index is 11.5. The van der Waals surface area contributed by atoms with E-state index in [1.165, 1.54) is 0 Å². The molecule has 0 saturated carbocycles. The minimum atomic E-state index is -0.750. The summed E-state index contributed by atoms with van der Waals surface area (Å²) in [6.45, 7) is 7.36. The lowest BCUT2D eigenvalue weighted by molar-refractivity contribution is -0.126.